The lowest BCUT2D eigenvalue weighted by Gasteiger charge is -2.37. The minimum atomic E-state index is -2.60. The number of nitrogens with one attached hydrogen (secondary N) is 1. The number of likely N-dealkylation sites (N-methyl/N-ethyl adjacent to an activating group) is 1. The van der Waals surface area contributed by atoms with Gasteiger partial charge >= 0.3 is 0 Å². The normalized spacial score (nSPS) is 28.1. The molecule has 1 amide bonds. The summed E-state index contributed by atoms with van der Waals surface area (Å²) in [4.78, 5) is 13.4. The summed E-state index contributed by atoms with van der Waals surface area (Å²) < 4.78 is 25.2. The van der Waals surface area contributed by atoms with Gasteiger partial charge in [-0.2, -0.15) is 0 Å². The van der Waals surface area contributed by atoms with Gasteiger partial charge in [0.05, 0.1) is 0 Å². The van der Waals surface area contributed by atoms with E-state index in [9.17, 15) is 13.6 Å². The van der Waals surface area contributed by atoms with Crippen molar-refractivity contribution < 1.29 is 13.6 Å². The van der Waals surface area contributed by atoms with E-state index >= 15 is 0 Å². The van der Waals surface area contributed by atoms with E-state index in [1.807, 2.05) is 0 Å². The van der Waals surface area contributed by atoms with Gasteiger partial charge in [0.25, 0.3) is 0 Å². The van der Waals surface area contributed by atoms with Crippen molar-refractivity contribution in [3.05, 3.63) is 0 Å². The van der Waals surface area contributed by atoms with E-state index in [1.165, 1.54) is 0 Å². The molecular formula is C10H17ClF2N2O. The SMILES string of the molecule is CN(C(=O)C1CC(F)(F)C1)C1CCNC1.Cl. The lowest BCUT2D eigenvalue weighted by atomic mass is 9.80. The molecule has 0 spiro atoms. The summed E-state index contributed by atoms with van der Waals surface area (Å²) >= 11 is 0. The summed E-state index contributed by atoms with van der Waals surface area (Å²) in [7, 11) is 1.72. The average Bonchev–Trinajstić information content (AvgIpc) is 2.64. The number of hydrogen-bond donors (Lipinski definition) is 1. The van der Waals surface area contributed by atoms with Crippen molar-refractivity contribution in [1.29, 1.82) is 0 Å². The monoisotopic (exact) mass is 254 g/mol. The third-order valence-electron chi connectivity index (χ3n) is 3.37. The molecule has 6 heteroatoms. The number of alkyl halides is 2. The predicted molar refractivity (Wildman–Crippen MR) is 59.0 cm³/mol. The number of rotatable bonds is 2. The summed E-state index contributed by atoms with van der Waals surface area (Å²) in [6, 6.07) is 0.187. The number of halogens is 3. The quantitative estimate of drug-likeness (QED) is 0.805. The van der Waals surface area contributed by atoms with Gasteiger partial charge in [-0.3, -0.25) is 4.79 Å². The average molecular weight is 255 g/mol. The Kier molecular flexibility index (Phi) is 4.12. The number of hydrogen-bond acceptors (Lipinski definition) is 2. The molecule has 2 aliphatic rings. The topological polar surface area (TPSA) is 32.3 Å². The first-order chi connectivity index (χ1) is 6.99. The molecule has 94 valence electrons. The van der Waals surface area contributed by atoms with Gasteiger partial charge in [-0.25, -0.2) is 8.78 Å². The van der Waals surface area contributed by atoms with Gasteiger partial charge in [-0.15, -0.1) is 12.4 Å². The van der Waals surface area contributed by atoms with E-state index in [0.29, 0.717) is 0 Å². The van der Waals surface area contributed by atoms with Crippen LogP contribution in [-0.2, 0) is 4.79 Å². The molecule has 0 aromatic heterocycles. The molecule has 1 atom stereocenters. The van der Waals surface area contributed by atoms with E-state index in [0.717, 1.165) is 19.5 Å². The van der Waals surface area contributed by atoms with E-state index in [-0.39, 0.29) is 37.2 Å². The Balaban J connectivity index is 0.00000128. The molecule has 1 aliphatic carbocycles. The fraction of sp³-hybridized carbons (Fsp3) is 0.900. The molecule has 1 saturated heterocycles. The third kappa shape index (κ3) is 2.63. The van der Waals surface area contributed by atoms with Gasteiger partial charge in [0, 0.05) is 38.4 Å². The highest BCUT2D eigenvalue weighted by atomic mass is 35.5. The fourth-order valence-electron chi connectivity index (χ4n) is 2.27. The van der Waals surface area contributed by atoms with Crippen molar-refractivity contribution in [1.82, 2.24) is 10.2 Å². The summed E-state index contributed by atoms with van der Waals surface area (Å²) in [5.74, 6) is -3.17. The second kappa shape index (κ2) is 4.84. The second-order valence-corrected chi connectivity index (χ2v) is 4.56. The highest BCUT2D eigenvalue weighted by Crippen LogP contribution is 2.43. The second-order valence-electron chi connectivity index (χ2n) is 4.56. The smallest absolute Gasteiger partial charge is 0.249 e. The molecule has 1 aliphatic heterocycles. The summed E-state index contributed by atoms with van der Waals surface area (Å²) in [5.41, 5.74) is 0. The largest absolute Gasteiger partial charge is 0.341 e. The Morgan fingerprint density at radius 1 is 1.44 bits per heavy atom. The van der Waals surface area contributed by atoms with Crippen molar-refractivity contribution in [3.63, 3.8) is 0 Å². The number of amides is 1. The highest BCUT2D eigenvalue weighted by molar-refractivity contribution is 5.85. The van der Waals surface area contributed by atoms with Crippen LogP contribution >= 0.6 is 12.4 Å². The van der Waals surface area contributed by atoms with Crippen molar-refractivity contribution in [2.75, 3.05) is 20.1 Å². The molecule has 2 fully saturated rings. The van der Waals surface area contributed by atoms with Crippen LogP contribution in [0.4, 0.5) is 8.78 Å². The van der Waals surface area contributed by atoms with Crippen LogP contribution in [0.15, 0.2) is 0 Å². The lowest BCUT2D eigenvalue weighted by Crippen LogP contribution is -2.49. The molecule has 2 rings (SSSR count). The lowest BCUT2D eigenvalue weighted by molar-refractivity contribution is -0.160. The molecule has 1 N–H and O–H groups in total. The van der Waals surface area contributed by atoms with Gasteiger partial charge in [-0.1, -0.05) is 0 Å². The Bertz CT molecular complexity index is 262. The first kappa shape index (κ1) is 13.6. The van der Waals surface area contributed by atoms with Gasteiger partial charge < -0.3 is 10.2 Å². The van der Waals surface area contributed by atoms with E-state index in [4.69, 9.17) is 0 Å². The maximum atomic E-state index is 12.6. The summed E-state index contributed by atoms with van der Waals surface area (Å²) in [5, 5.41) is 3.16. The zero-order valence-corrected chi connectivity index (χ0v) is 10.0. The molecule has 0 aromatic rings. The number of carbonyl (C=O) groups is 1. The van der Waals surface area contributed by atoms with Crippen LogP contribution in [0.1, 0.15) is 19.3 Å². The molecule has 3 nitrogen and oxygen atoms in total. The summed E-state index contributed by atoms with van der Waals surface area (Å²) in [6.45, 7) is 1.69. The standard InChI is InChI=1S/C10H16F2N2O.ClH/c1-14(8-2-3-13-6-8)9(15)7-4-10(11,12)5-7;/h7-8,13H,2-6H2,1H3;1H. The Hall–Kier alpha value is -0.420. The van der Waals surface area contributed by atoms with Crippen LogP contribution in [0.5, 0.6) is 0 Å². The van der Waals surface area contributed by atoms with Crippen molar-refractivity contribution in [3.8, 4) is 0 Å². The van der Waals surface area contributed by atoms with Crippen LogP contribution in [0.2, 0.25) is 0 Å². The fourth-order valence-corrected chi connectivity index (χ4v) is 2.27. The van der Waals surface area contributed by atoms with Gasteiger partial charge in [-0.05, 0) is 13.0 Å². The highest BCUT2D eigenvalue weighted by Gasteiger charge is 2.49. The molecule has 0 radical (unpaired) electrons. The number of nitrogens with zero attached hydrogens (tertiary/aromatic N) is 1. The maximum Gasteiger partial charge on any atom is 0.249 e. The maximum absolute atomic E-state index is 12.6. The van der Waals surface area contributed by atoms with Crippen molar-refractivity contribution in [2.45, 2.75) is 31.2 Å². The van der Waals surface area contributed by atoms with E-state index < -0.39 is 11.8 Å². The molecule has 16 heavy (non-hydrogen) atoms. The predicted octanol–water partition coefficient (Wildman–Crippen LogP) is 1.27. The van der Waals surface area contributed by atoms with Crippen LogP contribution in [0.3, 0.4) is 0 Å². The minimum absolute atomic E-state index is 0. The van der Waals surface area contributed by atoms with Crippen LogP contribution in [0, 0.1) is 5.92 Å². The Morgan fingerprint density at radius 2 is 2.06 bits per heavy atom. The van der Waals surface area contributed by atoms with Gasteiger partial charge in [0.1, 0.15) is 0 Å². The first-order valence-corrected chi connectivity index (χ1v) is 5.35. The van der Waals surface area contributed by atoms with Crippen molar-refractivity contribution >= 4 is 18.3 Å². The zero-order valence-electron chi connectivity index (χ0n) is 9.21. The molecule has 1 saturated carbocycles. The Morgan fingerprint density at radius 3 is 2.50 bits per heavy atom. The van der Waals surface area contributed by atoms with Crippen LogP contribution in [-0.4, -0.2) is 42.9 Å². The molecule has 1 heterocycles. The molecule has 1 unspecified atom stereocenters. The molecular weight excluding hydrogens is 238 g/mol. The molecule has 0 bridgehead atoms. The number of carbonyl (C=O) groups excluding carboxylic acids is 1. The summed E-state index contributed by atoms with van der Waals surface area (Å²) in [6.07, 6.45) is 0.387. The first-order valence-electron chi connectivity index (χ1n) is 5.35. The van der Waals surface area contributed by atoms with Gasteiger partial charge in [0.15, 0.2) is 0 Å². The van der Waals surface area contributed by atoms with E-state index in [1.54, 1.807) is 11.9 Å². The van der Waals surface area contributed by atoms with Crippen LogP contribution < -0.4 is 5.32 Å². The Labute approximate surface area is 100.0 Å². The van der Waals surface area contributed by atoms with Crippen LogP contribution in [0.25, 0.3) is 0 Å². The van der Waals surface area contributed by atoms with Gasteiger partial charge in [0.2, 0.25) is 11.8 Å². The van der Waals surface area contributed by atoms with E-state index in [2.05, 4.69) is 5.32 Å². The van der Waals surface area contributed by atoms with Crippen molar-refractivity contribution in [2.24, 2.45) is 5.92 Å². The third-order valence-corrected chi connectivity index (χ3v) is 3.37. The minimum Gasteiger partial charge on any atom is -0.341 e. The zero-order chi connectivity index (χ0) is 11.1. The molecule has 0 aromatic carbocycles.